The van der Waals surface area contributed by atoms with E-state index in [1.165, 1.54) is 257 Å². The maximum atomic E-state index is 12.9. The Morgan fingerprint density at radius 2 is 0.452 bits per heavy atom. The summed E-state index contributed by atoms with van der Waals surface area (Å²) in [6.45, 7) is 6.68. The van der Waals surface area contributed by atoms with Gasteiger partial charge in [-0.3, -0.25) is 14.4 Å². The summed E-state index contributed by atoms with van der Waals surface area (Å²) in [5, 5.41) is 0. The lowest BCUT2D eigenvalue weighted by atomic mass is 10.0. The van der Waals surface area contributed by atoms with E-state index < -0.39 is 6.10 Å². The number of ether oxygens (including phenoxy) is 3. The minimum atomic E-state index is -0.776. The van der Waals surface area contributed by atoms with Crippen LogP contribution in [-0.4, -0.2) is 37.2 Å². The lowest BCUT2D eigenvalue weighted by Crippen LogP contribution is -2.30. The summed E-state index contributed by atoms with van der Waals surface area (Å²) in [6, 6.07) is 0. The van der Waals surface area contributed by atoms with Gasteiger partial charge in [0.25, 0.3) is 0 Å². The summed E-state index contributed by atoms with van der Waals surface area (Å²) in [6.07, 6.45) is 74.8. The average molecular weight is 1030 g/mol. The van der Waals surface area contributed by atoms with Crippen molar-refractivity contribution in [3.05, 3.63) is 24.3 Å². The number of unbranched alkanes of at least 4 members (excludes halogenated alkanes) is 46. The summed E-state index contributed by atoms with van der Waals surface area (Å²) in [4.78, 5) is 38.3. The molecule has 0 aliphatic heterocycles. The summed E-state index contributed by atoms with van der Waals surface area (Å²) >= 11 is 0. The van der Waals surface area contributed by atoms with Gasteiger partial charge in [0, 0.05) is 19.3 Å². The Morgan fingerprint density at radius 1 is 0.260 bits per heavy atom. The molecule has 0 heterocycles. The van der Waals surface area contributed by atoms with Crippen molar-refractivity contribution in [1.29, 1.82) is 0 Å². The molecule has 0 N–H and O–H groups in total. The van der Waals surface area contributed by atoms with Crippen LogP contribution in [0.3, 0.4) is 0 Å². The Hall–Kier alpha value is -2.11. The van der Waals surface area contributed by atoms with Gasteiger partial charge < -0.3 is 14.2 Å². The number of hydrogen-bond donors (Lipinski definition) is 0. The first-order valence-corrected chi connectivity index (χ1v) is 32.8. The molecular weight excluding hydrogens is 901 g/mol. The predicted octanol–water partition coefficient (Wildman–Crippen LogP) is 22.2. The van der Waals surface area contributed by atoms with Gasteiger partial charge in [0.2, 0.25) is 0 Å². The maximum absolute atomic E-state index is 12.9. The Balaban J connectivity index is 4.23. The van der Waals surface area contributed by atoms with Gasteiger partial charge in [-0.05, 0) is 70.6 Å². The Bertz CT molecular complexity index is 1180. The molecule has 0 radical (unpaired) electrons. The van der Waals surface area contributed by atoms with Gasteiger partial charge in [0.1, 0.15) is 13.2 Å². The van der Waals surface area contributed by atoms with Crippen LogP contribution in [0.2, 0.25) is 0 Å². The van der Waals surface area contributed by atoms with Crippen molar-refractivity contribution in [1.82, 2.24) is 0 Å². The average Bonchev–Trinajstić information content (AvgIpc) is 3.39. The fourth-order valence-electron chi connectivity index (χ4n) is 9.97. The van der Waals surface area contributed by atoms with Crippen molar-refractivity contribution in [2.24, 2.45) is 0 Å². The van der Waals surface area contributed by atoms with E-state index in [0.29, 0.717) is 19.3 Å². The molecule has 0 saturated heterocycles. The molecule has 0 spiro atoms. The van der Waals surface area contributed by atoms with E-state index in [2.05, 4.69) is 45.1 Å². The lowest BCUT2D eigenvalue weighted by molar-refractivity contribution is -0.167. The first kappa shape index (κ1) is 70.9. The smallest absolute Gasteiger partial charge is 0.306 e. The second-order valence-electron chi connectivity index (χ2n) is 22.4. The molecule has 6 heteroatoms. The van der Waals surface area contributed by atoms with Crippen molar-refractivity contribution >= 4 is 17.9 Å². The van der Waals surface area contributed by atoms with Crippen LogP contribution in [0, 0.1) is 0 Å². The van der Waals surface area contributed by atoms with Crippen molar-refractivity contribution in [2.45, 2.75) is 374 Å². The highest BCUT2D eigenvalue weighted by Crippen LogP contribution is 2.18. The fourth-order valence-corrected chi connectivity index (χ4v) is 9.97. The largest absolute Gasteiger partial charge is 0.462 e. The first-order valence-electron chi connectivity index (χ1n) is 32.8. The lowest BCUT2D eigenvalue weighted by Gasteiger charge is -2.18. The molecule has 0 amide bonds. The minimum Gasteiger partial charge on any atom is -0.462 e. The maximum Gasteiger partial charge on any atom is 0.306 e. The van der Waals surface area contributed by atoms with E-state index in [4.69, 9.17) is 14.2 Å². The highest BCUT2D eigenvalue weighted by molar-refractivity contribution is 5.71. The van der Waals surface area contributed by atoms with E-state index in [9.17, 15) is 14.4 Å². The predicted molar refractivity (Wildman–Crippen MR) is 316 cm³/mol. The molecule has 0 aliphatic carbocycles. The zero-order valence-corrected chi connectivity index (χ0v) is 49.4. The molecule has 0 fully saturated rings. The zero-order chi connectivity index (χ0) is 52.9. The number of esters is 3. The van der Waals surface area contributed by atoms with E-state index >= 15 is 0 Å². The normalized spacial score (nSPS) is 12.1. The van der Waals surface area contributed by atoms with Gasteiger partial charge in [-0.25, -0.2) is 0 Å². The molecule has 73 heavy (non-hydrogen) atoms. The van der Waals surface area contributed by atoms with Crippen LogP contribution in [0.4, 0.5) is 0 Å². The molecule has 6 nitrogen and oxygen atoms in total. The molecule has 0 aromatic rings. The van der Waals surface area contributed by atoms with Crippen LogP contribution >= 0.6 is 0 Å². The van der Waals surface area contributed by atoms with Crippen LogP contribution in [0.1, 0.15) is 367 Å². The standard InChI is InChI=1S/C67H126O6/c1-4-7-10-13-16-19-22-25-28-30-31-32-33-34-35-36-37-38-40-42-45-48-51-54-57-60-66(69)72-63-64(62-71-65(68)59-56-53-50-47-44-41-27-24-21-18-15-12-9-6-3)73-67(70)61-58-55-52-49-46-43-39-29-26-23-20-17-14-11-8-5-2/h24,27,29,39,64H,4-23,25-26,28,30-38,40-63H2,1-3H3/b27-24-,39-29-. The quantitative estimate of drug-likeness (QED) is 0.0261. The molecule has 1 atom stereocenters. The molecule has 1 unspecified atom stereocenters. The Morgan fingerprint density at radius 3 is 0.685 bits per heavy atom. The minimum absolute atomic E-state index is 0.0723. The second kappa shape index (κ2) is 62.4. The third-order valence-electron chi connectivity index (χ3n) is 14.9. The van der Waals surface area contributed by atoms with Crippen LogP contribution in [0.15, 0.2) is 24.3 Å². The molecule has 0 saturated carbocycles. The number of hydrogen-bond acceptors (Lipinski definition) is 6. The second-order valence-corrected chi connectivity index (χ2v) is 22.4. The van der Waals surface area contributed by atoms with E-state index in [1.54, 1.807) is 0 Å². The van der Waals surface area contributed by atoms with Crippen LogP contribution in [-0.2, 0) is 28.6 Å². The monoisotopic (exact) mass is 1030 g/mol. The van der Waals surface area contributed by atoms with Crippen molar-refractivity contribution in [3.8, 4) is 0 Å². The molecule has 0 rings (SSSR count). The van der Waals surface area contributed by atoms with Crippen molar-refractivity contribution < 1.29 is 28.6 Å². The number of allylic oxidation sites excluding steroid dienone is 4. The molecule has 430 valence electrons. The van der Waals surface area contributed by atoms with Crippen LogP contribution < -0.4 is 0 Å². The SMILES string of the molecule is CCCCCCC/C=C\CCCCCCCC(=O)OCC(COC(=O)CCCCCCCCCCCCCCCCCCCCCCCCCCC)OC(=O)CCCCCCC/C=C\CCCCCCCCC. The van der Waals surface area contributed by atoms with Gasteiger partial charge in [-0.2, -0.15) is 0 Å². The zero-order valence-electron chi connectivity index (χ0n) is 49.4. The van der Waals surface area contributed by atoms with Crippen LogP contribution in [0.25, 0.3) is 0 Å². The summed E-state index contributed by atoms with van der Waals surface area (Å²) < 4.78 is 16.9. The summed E-state index contributed by atoms with van der Waals surface area (Å²) in [5.41, 5.74) is 0. The Kier molecular flexibility index (Phi) is 60.6. The van der Waals surface area contributed by atoms with Crippen molar-refractivity contribution in [2.75, 3.05) is 13.2 Å². The molecule has 0 bridgehead atoms. The topological polar surface area (TPSA) is 78.9 Å². The molecular formula is C67H126O6. The highest BCUT2D eigenvalue weighted by Gasteiger charge is 2.19. The number of carbonyl (C=O) groups excluding carboxylic acids is 3. The summed E-state index contributed by atoms with van der Waals surface area (Å²) in [7, 11) is 0. The van der Waals surface area contributed by atoms with Crippen molar-refractivity contribution in [3.63, 3.8) is 0 Å². The van der Waals surface area contributed by atoms with Gasteiger partial charge >= 0.3 is 17.9 Å². The number of rotatable bonds is 61. The summed E-state index contributed by atoms with van der Waals surface area (Å²) in [5.74, 6) is -0.864. The van der Waals surface area contributed by atoms with Gasteiger partial charge in [-0.15, -0.1) is 0 Å². The van der Waals surface area contributed by atoms with Crippen LogP contribution in [0.5, 0.6) is 0 Å². The van der Waals surface area contributed by atoms with E-state index in [-0.39, 0.29) is 31.1 Å². The van der Waals surface area contributed by atoms with Gasteiger partial charge in [-0.1, -0.05) is 302 Å². The van der Waals surface area contributed by atoms with E-state index in [1.807, 2.05) is 0 Å². The Labute approximate surface area is 455 Å². The van der Waals surface area contributed by atoms with Gasteiger partial charge in [0.15, 0.2) is 6.10 Å². The van der Waals surface area contributed by atoms with E-state index in [0.717, 1.165) is 70.6 Å². The third-order valence-corrected chi connectivity index (χ3v) is 14.9. The molecule has 0 aliphatic rings. The first-order chi connectivity index (χ1) is 36.0. The fraction of sp³-hybridized carbons (Fsp3) is 0.896. The number of carbonyl (C=O) groups is 3. The van der Waals surface area contributed by atoms with Gasteiger partial charge in [0.05, 0.1) is 0 Å². The molecule has 0 aromatic heterocycles. The third kappa shape index (κ3) is 60.6. The molecule has 0 aromatic carbocycles. The highest BCUT2D eigenvalue weighted by atomic mass is 16.6.